The van der Waals surface area contributed by atoms with E-state index in [1.807, 2.05) is 42.5 Å². The van der Waals surface area contributed by atoms with Gasteiger partial charge in [0.15, 0.2) is 5.60 Å². The molecule has 33 heavy (non-hydrogen) atoms. The lowest BCUT2D eigenvalue weighted by Gasteiger charge is -2.43. The van der Waals surface area contributed by atoms with E-state index in [1.54, 1.807) is 36.3 Å². The molecule has 0 spiro atoms. The molecule has 0 N–H and O–H groups in total. The Balaban J connectivity index is 1.54. The van der Waals surface area contributed by atoms with Gasteiger partial charge in [0.25, 0.3) is 5.91 Å². The number of rotatable bonds is 6. The van der Waals surface area contributed by atoms with Gasteiger partial charge < -0.3 is 14.5 Å². The van der Waals surface area contributed by atoms with Crippen molar-refractivity contribution in [3.8, 4) is 11.1 Å². The standard InChI is InChI=1S/C27H29N3O3/c1-29(2)26(32)27(18-21-10-12-24(13-11-21)23-8-4-3-5-9-23)20-30(15-16-33-27)25(31)17-22-7-6-14-28-19-22/h3-14,19H,15-18,20H2,1-2H3. The first-order chi connectivity index (χ1) is 16.0. The summed E-state index contributed by atoms with van der Waals surface area (Å²) in [6.07, 6.45) is 4.04. The van der Waals surface area contributed by atoms with Crippen LogP contribution in [0.1, 0.15) is 11.1 Å². The maximum Gasteiger partial charge on any atom is 0.256 e. The highest BCUT2D eigenvalue weighted by Gasteiger charge is 2.45. The van der Waals surface area contributed by atoms with Crippen molar-refractivity contribution >= 4 is 11.8 Å². The first kappa shape index (κ1) is 22.7. The first-order valence-electron chi connectivity index (χ1n) is 11.1. The van der Waals surface area contributed by atoms with Gasteiger partial charge in [0.05, 0.1) is 19.6 Å². The molecular weight excluding hydrogens is 414 g/mol. The molecule has 0 radical (unpaired) electrons. The minimum Gasteiger partial charge on any atom is -0.361 e. The number of pyridine rings is 1. The normalized spacial score (nSPS) is 18.1. The van der Waals surface area contributed by atoms with Crippen LogP contribution in [0.25, 0.3) is 11.1 Å². The van der Waals surface area contributed by atoms with Gasteiger partial charge in [0, 0.05) is 39.5 Å². The molecule has 1 saturated heterocycles. The van der Waals surface area contributed by atoms with E-state index in [-0.39, 0.29) is 24.8 Å². The van der Waals surface area contributed by atoms with Gasteiger partial charge in [-0.2, -0.15) is 0 Å². The summed E-state index contributed by atoms with van der Waals surface area (Å²) >= 11 is 0. The Morgan fingerprint density at radius 3 is 2.36 bits per heavy atom. The molecular formula is C27H29N3O3. The lowest BCUT2D eigenvalue weighted by Crippen LogP contribution is -2.62. The minimum atomic E-state index is -1.11. The van der Waals surface area contributed by atoms with Crippen molar-refractivity contribution in [2.75, 3.05) is 33.8 Å². The molecule has 1 aliphatic heterocycles. The highest BCUT2D eigenvalue weighted by Crippen LogP contribution is 2.27. The molecule has 1 atom stereocenters. The van der Waals surface area contributed by atoms with Gasteiger partial charge in [0.2, 0.25) is 5.91 Å². The van der Waals surface area contributed by atoms with Crippen molar-refractivity contribution < 1.29 is 14.3 Å². The SMILES string of the molecule is CN(C)C(=O)C1(Cc2ccc(-c3ccccc3)cc2)CN(C(=O)Cc2cccnc2)CCO1. The number of carbonyl (C=O) groups excluding carboxylic acids is 2. The van der Waals surface area contributed by atoms with E-state index in [2.05, 4.69) is 29.2 Å². The number of hydrogen-bond donors (Lipinski definition) is 0. The maximum atomic E-state index is 13.3. The third-order valence-electron chi connectivity index (χ3n) is 5.96. The summed E-state index contributed by atoms with van der Waals surface area (Å²) in [6.45, 7) is 1.01. The topological polar surface area (TPSA) is 62.7 Å². The fraction of sp³-hybridized carbons (Fsp3) is 0.296. The van der Waals surface area contributed by atoms with Crippen LogP contribution in [0.4, 0.5) is 0 Å². The zero-order chi connectivity index (χ0) is 23.3. The van der Waals surface area contributed by atoms with Crippen molar-refractivity contribution in [1.82, 2.24) is 14.8 Å². The quantitative estimate of drug-likeness (QED) is 0.587. The van der Waals surface area contributed by atoms with Gasteiger partial charge in [0.1, 0.15) is 0 Å². The highest BCUT2D eigenvalue weighted by molar-refractivity contribution is 5.87. The second-order valence-electron chi connectivity index (χ2n) is 8.64. The van der Waals surface area contributed by atoms with Crippen LogP contribution in [0, 0.1) is 0 Å². The number of carbonyl (C=O) groups is 2. The molecule has 170 valence electrons. The number of nitrogens with zero attached hydrogens (tertiary/aromatic N) is 3. The summed E-state index contributed by atoms with van der Waals surface area (Å²) in [7, 11) is 3.45. The molecule has 1 aliphatic rings. The molecule has 2 aromatic carbocycles. The van der Waals surface area contributed by atoms with Crippen LogP contribution in [0.5, 0.6) is 0 Å². The fourth-order valence-electron chi connectivity index (χ4n) is 4.28. The monoisotopic (exact) mass is 443 g/mol. The highest BCUT2D eigenvalue weighted by atomic mass is 16.5. The number of ether oxygens (including phenoxy) is 1. The lowest BCUT2D eigenvalue weighted by atomic mass is 9.89. The van der Waals surface area contributed by atoms with E-state index < -0.39 is 5.60 Å². The molecule has 1 unspecified atom stereocenters. The average Bonchev–Trinajstić information content (AvgIpc) is 2.85. The van der Waals surface area contributed by atoms with Crippen LogP contribution in [0.15, 0.2) is 79.1 Å². The largest absolute Gasteiger partial charge is 0.361 e. The van der Waals surface area contributed by atoms with Crippen molar-refractivity contribution in [2.45, 2.75) is 18.4 Å². The van der Waals surface area contributed by atoms with E-state index in [9.17, 15) is 9.59 Å². The number of likely N-dealkylation sites (N-methyl/N-ethyl adjacent to an activating group) is 1. The summed E-state index contributed by atoms with van der Waals surface area (Å²) in [4.78, 5) is 33.7. The summed E-state index contributed by atoms with van der Waals surface area (Å²) in [5, 5.41) is 0. The van der Waals surface area contributed by atoms with Gasteiger partial charge in [-0.25, -0.2) is 0 Å². The molecule has 2 amide bonds. The Bertz CT molecular complexity index is 1080. The molecule has 1 aromatic heterocycles. The molecule has 3 aromatic rings. The Hall–Kier alpha value is -3.51. The van der Waals surface area contributed by atoms with Crippen LogP contribution in [0.3, 0.4) is 0 Å². The van der Waals surface area contributed by atoms with Crippen LogP contribution in [-0.4, -0.2) is 66.0 Å². The van der Waals surface area contributed by atoms with Gasteiger partial charge in [-0.15, -0.1) is 0 Å². The van der Waals surface area contributed by atoms with E-state index in [1.165, 1.54) is 0 Å². The van der Waals surface area contributed by atoms with Crippen LogP contribution in [-0.2, 0) is 27.2 Å². The minimum absolute atomic E-state index is 0.0262. The summed E-state index contributed by atoms with van der Waals surface area (Å²) in [5.41, 5.74) is 3.00. The third-order valence-corrected chi connectivity index (χ3v) is 5.96. The second-order valence-corrected chi connectivity index (χ2v) is 8.64. The molecule has 0 saturated carbocycles. The summed E-state index contributed by atoms with van der Waals surface area (Å²) < 4.78 is 6.14. The molecule has 6 heteroatoms. The Kier molecular flexibility index (Phi) is 6.84. The molecule has 0 bridgehead atoms. The lowest BCUT2D eigenvalue weighted by molar-refractivity contribution is -0.172. The number of aromatic nitrogens is 1. The molecule has 2 heterocycles. The van der Waals surface area contributed by atoms with Crippen molar-refractivity contribution in [3.05, 3.63) is 90.3 Å². The molecule has 0 aliphatic carbocycles. The smallest absolute Gasteiger partial charge is 0.256 e. The van der Waals surface area contributed by atoms with Gasteiger partial charge in [-0.05, 0) is 28.3 Å². The van der Waals surface area contributed by atoms with Crippen molar-refractivity contribution in [1.29, 1.82) is 0 Å². The number of morpholine rings is 1. The van der Waals surface area contributed by atoms with Crippen molar-refractivity contribution in [2.24, 2.45) is 0 Å². The first-order valence-corrected chi connectivity index (χ1v) is 11.1. The van der Waals surface area contributed by atoms with Crippen LogP contribution < -0.4 is 0 Å². The molecule has 1 fully saturated rings. The summed E-state index contributed by atoms with van der Waals surface area (Å²) in [5.74, 6) is -0.157. The zero-order valence-corrected chi connectivity index (χ0v) is 19.1. The number of benzene rings is 2. The summed E-state index contributed by atoms with van der Waals surface area (Å²) in [6, 6.07) is 22.1. The number of hydrogen-bond acceptors (Lipinski definition) is 4. The molecule has 6 nitrogen and oxygen atoms in total. The van der Waals surface area contributed by atoms with Gasteiger partial charge in [-0.1, -0.05) is 60.7 Å². The second kappa shape index (κ2) is 9.96. The molecule has 4 rings (SSSR count). The van der Waals surface area contributed by atoms with Gasteiger partial charge >= 0.3 is 0 Å². The Morgan fingerprint density at radius 1 is 0.970 bits per heavy atom. The fourth-order valence-corrected chi connectivity index (χ4v) is 4.28. The average molecular weight is 444 g/mol. The van der Waals surface area contributed by atoms with Crippen LogP contribution in [0.2, 0.25) is 0 Å². The van der Waals surface area contributed by atoms with E-state index >= 15 is 0 Å². The van der Waals surface area contributed by atoms with E-state index in [0.29, 0.717) is 19.6 Å². The van der Waals surface area contributed by atoms with E-state index in [4.69, 9.17) is 4.74 Å². The van der Waals surface area contributed by atoms with E-state index in [0.717, 1.165) is 22.3 Å². The van der Waals surface area contributed by atoms with Gasteiger partial charge in [-0.3, -0.25) is 14.6 Å². The third kappa shape index (κ3) is 5.29. The van der Waals surface area contributed by atoms with Crippen molar-refractivity contribution in [3.63, 3.8) is 0 Å². The predicted molar refractivity (Wildman–Crippen MR) is 127 cm³/mol. The Morgan fingerprint density at radius 2 is 1.70 bits per heavy atom. The predicted octanol–water partition coefficient (Wildman–Crippen LogP) is 3.22. The maximum absolute atomic E-state index is 13.3. The Labute approximate surface area is 194 Å². The number of amides is 2. The zero-order valence-electron chi connectivity index (χ0n) is 19.1. The van der Waals surface area contributed by atoms with Crippen LogP contribution >= 0.6 is 0 Å².